The van der Waals surface area contributed by atoms with E-state index >= 15 is 0 Å². The van der Waals surface area contributed by atoms with E-state index in [-0.39, 0.29) is 5.91 Å². The van der Waals surface area contributed by atoms with Gasteiger partial charge in [-0.25, -0.2) is 0 Å². The highest BCUT2D eigenvalue weighted by Crippen LogP contribution is 2.22. The Morgan fingerprint density at radius 1 is 1.40 bits per heavy atom. The van der Waals surface area contributed by atoms with Gasteiger partial charge in [0.05, 0.1) is 6.10 Å². The first-order valence-electron chi connectivity index (χ1n) is 5.88. The molecular formula is C11H22N2O2. The van der Waals surface area contributed by atoms with Gasteiger partial charge in [-0.15, -0.1) is 0 Å². The van der Waals surface area contributed by atoms with Crippen LogP contribution < -0.4 is 10.6 Å². The molecule has 1 aliphatic carbocycles. The van der Waals surface area contributed by atoms with Gasteiger partial charge < -0.3 is 15.4 Å². The normalized spacial score (nSPS) is 24.7. The molecule has 0 aliphatic heterocycles. The molecule has 4 nitrogen and oxygen atoms in total. The zero-order valence-corrected chi connectivity index (χ0v) is 9.71. The summed E-state index contributed by atoms with van der Waals surface area (Å²) >= 11 is 0. The van der Waals surface area contributed by atoms with Gasteiger partial charge in [-0.1, -0.05) is 0 Å². The van der Waals surface area contributed by atoms with Crippen molar-refractivity contribution in [2.45, 2.75) is 45.3 Å². The highest BCUT2D eigenvalue weighted by molar-refractivity contribution is 5.75. The number of carbonyl (C=O) groups is 1. The minimum Gasteiger partial charge on any atom is -0.378 e. The summed E-state index contributed by atoms with van der Waals surface area (Å²) < 4.78 is 5.45. The van der Waals surface area contributed by atoms with Crippen molar-refractivity contribution in [1.29, 1.82) is 0 Å². The van der Waals surface area contributed by atoms with Crippen molar-refractivity contribution in [3.63, 3.8) is 0 Å². The summed E-state index contributed by atoms with van der Waals surface area (Å²) in [4.78, 5) is 11.1. The molecule has 0 aromatic heterocycles. The first-order chi connectivity index (χ1) is 7.26. The van der Waals surface area contributed by atoms with Crippen molar-refractivity contribution < 1.29 is 9.53 Å². The number of nitrogens with one attached hydrogen (secondary N) is 2. The number of rotatable bonds is 7. The zero-order valence-electron chi connectivity index (χ0n) is 9.71. The van der Waals surface area contributed by atoms with E-state index in [1.54, 1.807) is 0 Å². The van der Waals surface area contributed by atoms with Crippen LogP contribution in [0.25, 0.3) is 0 Å². The van der Waals surface area contributed by atoms with Crippen LogP contribution in [0.1, 0.15) is 33.1 Å². The molecule has 1 rings (SSSR count). The lowest BCUT2D eigenvalue weighted by Gasteiger charge is -2.35. The Hall–Kier alpha value is -0.610. The van der Waals surface area contributed by atoms with Gasteiger partial charge in [-0.3, -0.25) is 4.79 Å². The molecule has 0 heterocycles. The minimum atomic E-state index is 0.130. The van der Waals surface area contributed by atoms with Crippen LogP contribution in [0.4, 0.5) is 0 Å². The molecule has 1 aliphatic rings. The van der Waals surface area contributed by atoms with Gasteiger partial charge in [-0.2, -0.15) is 0 Å². The third kappa shape index (κ3) is 4.62. The third-order valence-electron chi connectivity index (χ3n) is 2.66. The van der Waals surface area contributed by atoms with Crippen molar-refractivity contribution in [3.8, 4) is 0 Å². The molecule has 0 bridgehead atoms. The van der Waals surface area contributed by atoms with Crippen LogP contribution in [0.3, 0.4) is 0 Å². The summed E-state index contributed by atoms with van der Waals surface area (Å²) in [6, 6.07) is 0.552. The van der Waals surface area contributed by atoms with Crippen molar-refractivity contribution in [1.82, 2.24) is 10.6 Å². The largest absolute Gasteiger partial charge is 0.378 e. The highest BCUT2D eigenvalue weighted by atomic mass is 16.5. The Kier molecular flexibility index (Phi) is 5.65. The second kappa shape index (κ2) is 6.80. The first kappa shape index (κ1) is 12.5. The molecule has 0 aromatic carbocycles. The molecule has 0 saturated heterocycles. The maximum absolute atomic E-state index is 11.1. The topological polar surface area (TPSA) is 50.4 Å². The van der Waals surface area contributed by atoms with Crippen LogP contribution >= 0.6 is 0 Å². The highest BCUT2D eigenvalue weighted by Gasteiger charge is 2.28. The molecule has 0 atom stereocenters. The van der Waals surface area contributed by atoms with E-state index in [1.165, 1.54) is 0 Å². The van der Waals surface area contributed by atoms with Gasteiger partial charge in [0.15, 0.2) is 0 Å². The fourth-order valence-electron chi connectivity index (χ4n) is 1.78. The van der Waals surface area contributed by atoms with Gasteiger partial charge in [0.25, 0.3) is 0 Å². The van der Waals surface area contributed by atoms with Crippen LogP contribution in [0.2, 0.25) is 0 Å². The maximum atomic E-state index is 11.1. The van der Waals surface area contributed by atoms with Crippen LogP contribution in [-0.2, 0) is 9.53 Å². The molecule has 88 valence electrons. The van der Waals surface area contributed by atoms with Crippen LogP contribution in [0, 0.1) is 0 Å². The molecule has 1 amide bonds. The number of ether oxygens (including phenoxy) is 1. The second-order valence-corrected chi connectivity index (χ2v) is 3.90. The van der Waals surface area contributed by atoms with E-state index in [0.29, 0.717) is 25.1 Å². The Balaban J connectivity index is 1.92. The van der Waals surface area contributed by atoms with E-state index in [4.69, 9.17) is 4.74 Å². The Bertz CT molecular complexity index is 191. The van der Waals surface area contributed by atoms with E-state index in [0.717, 1.165) is 26.0 Å². The smallest absolute Gasteiger partial charge is 0.221 e. The van der Waals surface area contributed by atoms with Crippen molar-refractivity contribution >= 4 is 5.91 Å². The van der Waals surface area contributed by atoms with E-state index in [2.05, 4.69) is 10.6 Å². The molecule has 0 unspecified atom stereocenters. The fourth-order valence-corrected chi connectivity index (χ4v) is 1.78. The van der Waals surface area contributed by atoms with Crippen LogP contribution in [0.5, 0.6) is 0 Å². The fraction of sp³-hybridized carbons (Fsp3) is 0.909. The lowest BCUT2D eigenvalue weighted by Crippen LogP contribution is -2.46. The SMILES string of the molecule is CCNC(=O)CCNC1CC(OCC)C1. The lowest BCUT2D eigenvalue weighted by molar-refractivity contribution is -0.120. The molecule has 2 N–H and O–H groups in total. The number of hydrogen-bond acceptors (Lipinski definition) is 3. The number of carbonyl (C=O) groups excluding carboxylic acids is 1. The monoisotopic (exact) mass is 214 g/mol. The van der Waals surface area contributed by atoms with Gasteiger partial charge in [-0.05, 0) is 26.7 Å². The lowest BCUT2D eigenvalue weighted by atomic mass is 9.89. The summed E-state index contributed by atoms with van der Waals surface area (Å²) in [5.74, 6) is 0.130. The summed E-state index contributed by atoms with van der Waals surface area (Å²) in [5.41, 5.74) is 0. The van der Waals surface area contributed by atoms with Gasteiger partial charge in [0.2, 0.25) is 5.91 Å². The molecule has 0 aromatic rings. The molecule has 1 saturated carbocycles. The Morgan fingerprint density at radius 2 is 2.13 bits per heavy atom. The predicted octanol–water partition coefficient (Wildman–Crippen LogP) is 0.670. The standard InChI is InChI=1S/C11H22N2O2/c1-3-12-11(14)5-6-13-9-7-10(8-9)15-4-2/h9-10,13H,3-8H2,1-2H3,(H,12,14). The maximum Gasteiger partial charge on any atom is 0.221 e. The van der Waals surface area contributed by atoms with E-state index < -0.39 is 0 Å². The second-order valence-electron chi connectivity index (χ2n) is 3.90. The average molecular weight is 214 g/mol. The number of hydrogen-bond donors (Lipinski definition) is 2. The molecular weight excluding hydrogens is 192 g/mol. The zero-order chi connectivity index (χ0) is 11.1. The summed E-state index contributed by atoms with van der Waals surface area (Å²) in [6.45, 7) is 6.25. The number of amides is 1. The third-order valence-corrected chi connectivity index (χ3v) is 2.66. The first-order valence-corrected chi connectivity index (χ1v) is 5.88. The Morgan fingerprint density at radius 3 is 2.73 bits per heavy atom. The van der Waals surface area contributed by atoms with Crippen molar-refractivity contribution in [2.24, 2.45) is 0 Å². The van der Waals surface area contributed by atoms with Crippen LogP contribution in [-0.4, -0.2) is 37.7 Å². The van der Waals surface area contributed by atoms with E-state index in [9.17, 15) is 4.79 Å². The van der Waals surface area contributed by atoms with Gasteiger partial charge >= 0.3 is 0 Å². The quantitative estimate of drug-likeness (QED) is 0.655. The average Bonchev–Trinajstić information content (AvgIpc) is 2.14. The van der Waals surface area contributed by atoms with E-state index in [1.807, 2.05) is 13.8 Å². The van der Waals surface area contributed by atoms with Crippen molar-refractivity contribution in [2.75, 3.05) is 19.7 Å². The summed E-state index contributed by atoms with van der Waals surface area (Å²) in [5, 5.41) is 6.14. The van der Waals surface area contributed by atoms with Gasteiger partial charge in [0.1, 0.15) is 0 Å². The minimum absolute atomic E-state index is 0.130. The molecule has 0 radical (unpaired) electrons. The molecule has 0 spiro atoms. The van der Waals surface area contributed by atoms with Crippen molar-refractivity contribution in [3.05, 3.63) is 0 Å². The van der Waals surface area contributed by atoms with Crippen LogP contribution in [0.15, 0.2) is 0 Å². The predicted molar refractivity (Wildman–Crippen MR) is 59.7 cm³/mol. The molecule has 15 heavy (non-hydrogen) atoms. The summed E-state index contributed by atoms with van der Waals surface area (Å²) in [7, 11) is 0. The molecule has 4 heteroatoms. The Labute approximate surface area is 91.8 Å². The summed E-state index contributed by atoms with van der Waals surface area (Å²) in [6.07, 6.45) is 3.19. The molecule has 1 fully saturated rings. The van der Waals surface area contributed by atoms with Gasteiger partial charge in [0, 0.05) is 32.2 Å².